The number of halogens is 4. The van der Waals surface area contributed by atoms with E-state index in [1.807, 2.05) is 0 Å². The molecule has 2 aromatic rings. The number of alkyl halides is 3. The van der Waals surface area contributed by atoms with Crippen molar-refractivity contribution in [3.63, 3.8) is 0 Å². The normalized spacial score (nSPS) is 12.5. The average Bonchev–Trinajstić information content (AvgIpc) is 2.75. The highest BCUT2D eigenvalue weighted by atomic mass is 35.5. The lowest BCUT2D eigenvalue weighted by Crippen LogP contribution is -2.36. The molecule has 110 valence electrons. The molecule has 0 radical (unpaired) electrons. The number of aromatic nitrogens is 2. The molecule has 2 rings (SSSR count). The fourth-order valence-electron chi connectivity index (χ4n) is 1.74. The third kappa shape index (κ3) is 4.02. The summed E-state index contributed by atoms with van der Waals surface area (Å²) in [6, 6.07) is 1.76. The predicted octanol–water partition coefficient (Wildman–Crippen LogP) is 2.70. The van der Waals surface area contributed by atoms with E-state index in [1.54, 1.807) is 11.4 Å². The van der Waals surface area contributed by atoms with Gasteiger partial charge in [-0.1, -0.05) is 11.6 Å². The summed E-state index contributed by atoms with van der Waals surface area (Å²) >= 11 is 7.31. The summed E-state index contributed by atoms with van der Waals surface area (Å²) in [7, 11) is 0. The Kier molecular flexibility index (Phi) is 4.79. The molecule has 0 bridgehead atoms. The van der Waals surface area contributed by atoms with Crippen LogP contribution in [0.3, 0.4) is 0 Å². The van der Waals surface area contributed by atoms with E-state index in [0.29, 0.717) is 10.2 Å². The van der Waals surface area contributed by atoms with E-state index in [0.717, 1.165) is 4.90 Å². The second-order valence-electron chi connectivity index (χ2n) is 4.12. The molecule has 1 N–H and O–H groups in total. The van der Waals surface area contributed by atoms with Crippen LogP contribution in [0, 0.1) is 0 Å². The second-order valence-corrected chi connectivity index (χ2v) is 5.37. The number of rotatable bonds is 5. The molecule has 0 aliphatic heterocycles. The zero-order valence-electron chi connectivity index (χ0n) is 10.2. The van der Waals surface area contributed by atoms with Gasteiger partial charge in [-0.05, 0) is 11.4 Å². The summed E-state index contributed by atoms with van der Waals surface area (Å²) in [5.41, 5.74) is 0. The van der Waals surface area contributed by atoms with Gasteiger partial charge >= 0.3 is 6.18 Å². The Morgan fingerprint density at radius 3 is 2.75 bits per heavy atom. The van der Waals surface area contributed by atoms with Crippen LogP contribution >= 0.6 is 22.9 Å². The van der Waals surface area contributed by atoms with E-state index in [1.165, 1.54) is 11.3 Å². The van der Waals surface area contributed by atoms with Gasteiger partial charge in [0, 0.05) is 11.9 Å². The Morgan fingerprint density at radius 2 is 2.10 bits per heavy atom. The summed E-state index contributed by atoms with van der Waals surface area (Å²) in [5.74, 6) is 0.211. The Bertz CT molecular complexity index is 590. The molecule has 2 heterocycles. The SMILES string of the molecule is OCCN(Cc1nc(Cl)c2ccsc2n1)CC(F)(F)F. The lowest BCUT2D eigenvalue weighted by Gasteiger charge is -2.21. The first kappa shape index (κ1) is 15.4. The van der Waals surface area contributed by atoms with Gasteiger partial charge in [-0.15, -0.1) is 11.3 Å². The van der Waals surface area contributed by atoms with E-state index < -0.39 is 12.7 Å². The molecule has 0 atom stereocenters. The Hall–Kier alpha value is -0.960. The van der Waals surface area contributed by atoms with Crippen LogP contribution in [0.25, 0.3) is 10.2 Å². The molecule has 2 aromatic heterocycles. The van der Waals surface area contributed by atoms with Gasteiger partial charge in [-0.3, -0.25) is 4.90 Å². The van der Waals surface area contributed by atoms with Crippen molar-refractivity contribution in [2.75, 3.05) is 19.7 Å². The molecule has 0 amide bonds. The first-order valence-corrected chi connectivity index (χ1v) is 6.94. The maximum Gasteiger partial charge on any atom is 0.401 e. The van der Waals surface area contributed by atoms with Gasteiger partial charge in [0.15, 0.2) is 0 Å². The number of hydrogen-bond donors (Lipinski definition) is 1. The minimum Gasteiger partial charge on any atom is -0.395 e. The fourth-order valence-corrected chi connectivity index (χ4v) is 2.83. The topological polar surface area (TPSA) is 49.2 Å². The van der Waals surface area contributed by atoms with Crippen molar-refractivity contribution in [3.8, 4) is 0 Å². The maximum absolute atomic E-state index is 12.4. The molecule has 0 saturated heterocycles. The molecule has 0 aromatic carbocycles. The Morgan fingerprint density at radius 1 is 1.35 bits per heavy atom. The fraction of sp³-hybridized carbons (Fsp3) is 0.455. The van der Waals surface area contributed by atoms with Gasteiger partial charge in [-0.2, -0.15) is 13.2 Å². The molecular formula is C11H11ClF3N3OS. The quantitative estimate of drug-likeness (QED) is 0.859. The molecule has 0 aliphatic rings. The van der Waals surface area contributed by atoms with Crippen molar-refractivity contribution in [2.24, 2.45) is 0 Å². The molecule has 0 fully saturated rings. The lowest BCUT2D eigenvalue weighted by atomic mass is 10.4. The number of hydrogen-bond acceptors (Lipinski definition) is 5. The molecule has 9 heteroatoms. The molecule has 0 unspecified atom stereocenters. The standard InChI is InChI=1S/C11H11ClF3N3OS/c12-9-7-1-4-20-10(7)17-8(16-9)5-18(2-3-19)6-11(13,14)15/h1,4,19H,2-3,5-6H2. The van der Waals surface area contributed by atoms with Crippen LogP contribution in [0.5, 0.6) is 0 Å². The molecular weight excluding hydrogens is 315 g/mol. The smallest absolute Gasteiger partial charge is 0.395 e. The van der Waals surface area contributed by atoms with E-state index in [4.69, 9.17) is 16.7 Å². The van der Waals surface area contributed by atoms with Crippen molar-refractivity contribution in [1.29, 1.82) is 0 Å². The Balaban J connectivity index is 2.19. The van der Waals surface area contributed by atoms with Gasteiger partial charge in [-0.25, -0.2) is 9.97 Å². The van der Waals surface area contributed by atoms with Gasteiger partial charge in [0.2, 0.25) is 0 Å². The summed E-state index contributed by atoms with van der Waals surface area (Å²) in [6.45, 7) is -1.72. The highest BCUT2D eigenvalue weighted by Crippen LogP contribution is 2.25. The maximum atomic E-state index is 12.4. The molecule has 0 aliphatic carbocycles. The summed E-state index contributed by atoms with van der Waals surface area (Å²) < 4.78 is 37.3. The predicted molar refractivity (Wildman–Crippen MR) is 70.8 cm³/mol. The third-order valence-electron chi connectivity index (χ3n) is 2.51. The largest absolute Gasteiger partial charge is 0.401 e. The van der Waals surface area contributed by atoms with Gasteiger partial charge < -0.3 is 5.11 Å². The number of aliphatic hydroxyl groups is 1. The summed E-state index contributed by atoms with van der Waals surface area (Å²) in [5, 5.41) is 11.5. The zero-order chi connectivity index (χ0) is 14.8. The lowest BCUT2D eigenvalue weighted by molar-refractivity contribution is -0.148. The van der Waals surface area contributed by atoms with Gasteiger partial charge in [0.25, 0.3) is 0 Å². The first-order chi connectivity index (χ1) is 9.39. The van der Waals surface area contributed by atoms with Gasteiger partial charge in [0.1, 0.15) is 15.8 Å². The third-order valence-corrected chi connectivity index (χ3v) is 3.60. The summed E-state index contributed by atoms with van der Waals surface area (Å²) in [4.78, 5) is 9.84. The minimum atomic E-state index is -4.34. The number of fused-ring (bicyclic) bond motifs is 1. The van der Waals surface area contributed by atoms with Crippen LogP contribution in [0.4, 0.5) is 13.2 Å². The molecule has 0 saturated carbocycles. The highest BCUT2D eigenvalue weighted by molar-refractivity contribution is 7.16. The van der Waals surface area contributed by atoms with Crippen LogP contribution < -0.4 is 0 Å². The van der Waals surface area contributed by atoms with Crippen LogP contribution in [0.2, 0.25) is 5.15 Å². The molecule has 20 heavy (non-hydrogen) atoms. The number of nitrogens with zero attached hydrogens (tertiary/aromatic N) is 3. The average molecular weight is 326 g/mol. The summed E-state index contributed by atoms with van der Waals surface area (Å²) in [6.07, 6.45) is -4.34. The number of aliphatic hydroxyl groups excluding tert-OH is 1. The van der Waals surface area contributed by atoms with Crippen LogP contribution in [-0.2, 0) is 6.54 Å². The van der Waals surface area contributed by atoms with E-state index >= 15 is 0 Å². The van der Waals surface area contributed by atoms with Crippen LogP contribution in [-0.4, -0.2) is 45.8 Å². The zero-order valence-corrected chi connectivity index (χ0v) is 11.8. The second kappa shape index (κ2) is 6.21. The van der Waals surface area contributed by atoms with Gasteiger partial charge in [0.05, 0.1) is 19.7 Å². The van der Waals surface area contributed by atoms with Crippen molar-refractivity contribution < 1.29 is 18.3 Å². The molecule has 0 spiro atoms. The van der Waals surface area contributed by atoms with Crippen LogP contribution in [0.1, 0.15) is 5.82 Å². The first-order valence-electron chi connectivity index (χ1n) is 5.68. The van der Waals surface area contributed by atoms with Crippen molar-refractivity contribution in [3.05, 3.63) is 22.4 Å². The van der Waals surface area contributed by atoms with Crippen molar-refractivity contribution >= 4 is 33.2 Å². The number of thiophene rings is 1. The van der Waals surface area contributed by atoms with Crippen LogP contribution in [0.15, 0.2) is 11.4 Å². The van der Waals surface area contributed by atoms with Crippen molar-refractivity contribution in [1.82, 2.24) is 14.9 Å². The monoisotopic (exact) mass is 325 g/mol. The molecule has 4 nitrogen and oxygen atoms in total. The van der Waals surface area contributed by atoms with E-state index in [9.17, 15) is 13.2 Å². The van der Waals surface area contributed by atoms with E-state index in [-0.39, 0.29) is 30.7 Å². The van der Waals surface area contributed by atoms with E-state index in [2.05, 4.69) is 9.97 Å². The minimum absolute atomic E-state index is 0.108. The highest BCUT2D eigenvalue weighted by Gasteiger charge is 2.30. The van der Waals surface area contributed by atoms with Crippen molar-refractivity contribution in [2.45, 2.75) is 12.7 Å². The Labute approximate surface area is 121 Å².